The molecule has 9 heteroatoms. The fourth-order valence-electron chi connectivity index (χ4n) is 4.29. The van der Waals surface area contributed by atoms with Crippen LogP contribution in [-0.2, 0) is 14.6 Å². The standard InChI is InChI=1S/C25H25ClN2O4S2/c1-34(31,32)22-9-5-3-6-18(22)16-10-12-17(13-11-16)27-24(29)19-7-2-4-8-20(19)28-25(30)21-14-15-23(26)33-21/h3,5-6,9-15,19-20H,2,4,7-8H2,1H3,(H,27,29)(H,28,30)/t19-,20+/m0/s1. The Morgan fingerprint density at radius 3 is 2.35 bits per heavy atom. The minimum Gasteiger partial charge on any atom is -0.348 e. The van der Waals surface area contributed by atoms with Crippen molar-refractivity contribution < 1.29 is 18.0 Å². The first-order chi connectivity index (χ1) is 16.2. The summed E-state index contributed by atoms with van der Waals surface area (Å²) < 4.78 is 24.8. The van der Waals surface area contributed by atoms with Crippen molar-refractivity contribution in [2.24, 2.45) is 5.92 Å². The molecule has 1 aliphatic rings. The van der Waals surface area contributed by atoms with E-state index in [0.717, 1.165) is 24.8 Å². The average molecular weight is 517 g/mol. The molecule has 1 fully saturated rings. The molecule has 0 bridgehead atoms. The molecule has 4 rings (SSSR count). The Bertz CT molecular complexity index is 1300. The lowest BCUT2D eigenvalue weighted by Gasteiger charge is -2.31. The summed E-state index contributed by atoms with van der Waals surface area (Å²) in [6, 6.07) is 17.1. The minimum atomic E-state index is -3.37. The van der Waals surface area contributed by atoms with Crippen LogP contribution in [0.4, 0.5) is 5.69 Å². The number of rotatable bonds is 6. The fourth-order valence-corrected chi connectivity index (χ4v) is 6.15. The molecule has 6 nitrogen and oxygen atoms in total. The largest absolute Gasteiger partial charge is 0.348 e. The van der Waals surface area contributed by atoms with Gasteiger partial charge < -0.3 is 10.6 Å². The van der Waals surface area contributed by atoms with Crippen LogP contribution in [0.3, 0.4) is 0 Å². The van der Waals surface area contributed by atoms with Crippen LogP contribution < -0.4 is 10.6 Å². The van der Waals surface area contributed by atoms with Gasteiger partial charge in [0.05, 0.1) is 20.0 Å². The third kappa shape index (κ3) is 5.68. The number of carbonyl (C=O) groups excluding carboxylic acids is 2. The Morgan fingerprint density at radius 1 is 0.971 bits per heavy atom. The first-order valence-corrected chi connectivity index (χ1v) is 14.1. The predicted octanol–water partition coefficient (Wildman–Crippen LogP) is 5.40. The van der Waals surface area contributed by atoms with Gasteiger partial charge >= 0.3 is 0 Å². The van der Waals surface area contributed by atoms with Gasteiger partial charge in [-0.05, 0) is 48.7 Å². The topological polar surface area (TPSA) is 92.3 Å². The van der Waals surface area contributed by atoms with Crippen LogP contribution in [0.5, 0.6) is 0 Å². The summed E-state index contributed by atoms with van der Waals surface area (Å²) in [5.41, 5.74) is 1.98. The number of benzene rings is 2. The van der Waals surface area contributed by atoms with Crippen molar-refractivity contribution in [3.05, 3.63) is 69.9 Å². The highest BCUT2D eigenvalue weighted by molar-refractivity contribution is 7.90. The minimum absolute atomic E-state index is 0.140. The van der Waals surface area contributed by atoms with E-state index in [1.54, 1.807) is 60.7 Å². The maximum absolute atomic E-state index is 13.1. The van der Waals surface area contributed by atoms with Gasteiger partial charge in [0, 0.05) is 23.5 Å². The Balaban J connectivity index is 1.46. The maximum atomic E-state index is 13.1. The van der Waals surface area contributed by atoms with E-state index in [2.05, 4.69) is 10.6 Å². The molecule has 2 atom stereocenters. The SMILES string of the molecule is CS(=O)(=O)c1ccccc1-c1ccc(NC(=O)[C@H]2CCCC[C@H]2NC(=O)c2ccc(Cl)s2)cc1. The Hall–Kier alpha value is -2.68. The molecule has 0 saturated heterocycles. The van der Waals surface area contributed by atoms with Gasteiger partial charge in [-0.1, -0.05) is 54.8 Å². The van der Waals surface area contributed by atoms with Crippen molar-refractivity contribution in [1.29, 1.82) is 0 Å². The fraction of sp³-hybridized carbons (Fsp3) is 0.280. The Kier molecular flexibility index (Phi) is 7.40. The number of amides is 2. The second-order valence-corrected chi connectivity index (χ2v) is 12.1. The molecule has 2 N–H and O–H groups in total. The van der Waals surface area contributed by atoms with Crippen molar-refractivity contribution in [3.8, 4) is 11.1 Å². The van der Waals surface area contributed by atoms with Crippen LogP contribution in [0.2, 0.25) is 4.34 Å². The zero-order chi connectivity index (χ0) is 24.3. The number of anilines is 1. The third-order valence-corrected chi connectivity index (χ3v) is 8.35. The Morgan fingerprint density at radius 2 is 1.68 bits per heavy atom. The summed E-state index contributed by atoms with van der Waals surface area (Å²) in [4.78, 5) is 26.5. The van der Waals surface area contributed by atoms with Crippen molar-refractivity contribution in [2.75, 3.05) is 11.6 Å². The van der Waals surface area contributed by atoms with Crippen LogP contribution >= 0.6 is 22.9 Å². The quantitative estimate of drug-likeness (QED) is 0.459. The molecule has 1 heterocycles. The highest BCUT2D eigenvalue weighted by Gasteiger charge is 2.32. The number of sulfone groups is 1. The van der Waals surface area contributed by atoms with Crippen molar-refractivity contribution in [3.63, 3.8) is 0 Å². The average Bonchev–Trinajstić information content (AvgIpc) is 3.26. The van der Waals surface area contributed by atoms with Gasteiger partial charge in [-0.3, -0.25) is 9.59 Å². The van der Waals surface area contributed by atoms with E-state index in [4.69, 9.17) is 11.6 Å². The molecular weight excluding hydrogens is 492 g/mol. The molecule has 0 aliphatic heterocycles. The second-order valence-electron chi connectivity index (χ2n) is 8.41. The molecule has 178 valence electrons. The van der Waals surface area contributed by atoms with Crippen LogP contribution in [0.25, 0.3) is 11.1 Å². The summed E-state index contributed by atoms with van der Waals surface area (Å²) in [5.74, 6) is -0.687. The van der Waals surface area contributed by atoms with Crippen LogP contribution in [0.1, 0.15) is 35.4 Å². The van der Waals surface area contributed by atoms with Crippen molar-refractivity contribution in [2.45, 2.75) is 36.6 Å². The predicted molar refractivity (Wildman–Crippen MR) is 136 cm³/mol. The molecule has 2 aromatic carbocycles. The zero-order valence-corrected chi connectivity index (χ0v) is 21.0. The summed E-state index contributed by atoms with van der Waals surface area (Å²) >= 11 is 7.16. The van der Waals surface area contributed by atoms with Gasteiger partial charge in [-0.25, -0.2) is 8.42 Å². The molecule has 1 aliphatic carbocycles. The number of hydrogen-bond acceptors (Lipinski definition) is 5. The number of nitrogens with one attached hydrogen (secondary N) is 2. The van der Waals surface area contributed by atoms with E-state index in [1.165, 1.54) is 17.6 Å². The highest BCUT2D eigenvalue weighted by Crippen LogP contribution is 2.30. The molecule has 1 saturated carbocycles. The van der Waals surface area contributed by atoms with E-state index >= 15 is 0 Å². The van der Waals surface area contributed by atoms with Crippen molar-refractivity contribution in [1.82, 2.24) is 5.32 Å². The molecule has 0 radical (unpaired) electrons. The van der Waals surface area contributed by atoms with E-state index in [0.29, 0.717) is 26.9 Å². The molecule has 3 aromatic rings. The molecule has 0 spiro atoms. The molecule has 0 unspecified atom stereocenters. The first kappa shape index (κ1) is 24.4. The van der Waals surface area contributed by atoms with E-state index < -0.39 is 9.84 Å². The third-order valence-electron chi connectivity index (χ3n) is 5.97. The number of thiophene rings is 1. The Labute approximate surface area is 208 Å². The molecule has 34 heavy (non-hydrogen) atoms. The lowest BCUT2D eigenvalue weighted by Crippen LogP contribution is -2.46. The van der Waals surface area contributed by atoms with Crippen LogP contribution in [0.15, 0.2) is 65.6 Å². The van der Waals surface area contributed by atoms with Gasteiger partial charge in [-0.15, -0.1) is 11.3 Å². The number of hydrogen-bond donors (Lipinski definition) is 2. The van der Waals surface area contributed by atoms with E-state index in [9.17, 15) is 18.0 Å². The van der Waals surface area contributed by atoms with Gasteiger partial charge in [0.25, 0.3) is 5.91 Å². The van der Waals surface area contributed by atoms with Gasteiger partial charge in [-0.2, -0.15) is 0 Å². The summed E-state index contributed by atoms with van der Waals surface area (Å²) in [6.45, 7) is 0. The zero-order valence-electron chi connectivity index (χ0n) is 18.6. The summed E-state index contributed by atoms with van der Waals surface area (Å²) in [7, 11) is -3.37. The summed E-state index contributed by atoms with van der Waals surface area (Å²) in [6.07, 6.45) is 4.50. The molecule has 1 aromatic heterocycles. The summed E-state index contributed by atoms with van der Waals surface area (Å²) in [5, 5.41) is 5.97. The highest BCUT2D eigenvalue weighted by atomic mass is 35.5. The number of halogens is 1. The van der Waals surface area contributed by atoms with Crippen LogP contribution in [-0.4, -0.2) is 32.5 Å². The van der Waals surface area contributed by atoms with E-state index in [1.807, 2.05) is 0 Å². The van der Waals surface area contributed by atoms with E-state index in [-0.39, 0.29) is 28.7 Å². The lowest BCUT2D eigenvalue weighted by atomic mass is 9.83. The monoisotopic (exact) mass is 516 g/mol. The van der Waals surface area contributed by atoms with Gasteiger partial charge in [0.15, 0.2) is 9.84 Å². The van der Waals surface area contributed by atoms with Gasteiger partial charge in [0.1, 0.15) is 0 Å². The molecule has 2 amide bonds. The smallest absolute Gasteiger partial charge is 0.261 e. The number of carbonyl (C=O) groups is 2. The maximum Gasteiger partial charge on any atom is 0.261 e. The first-order valence-electron chi connectivity index (χ1n) is 11.0. The normalized spacial score (nSPS) is 18.3. The van der Waals surface area contributed by atoms with Crippen LogP contribution in [0, 0.1) is 5.92 Å². The van der Waals surface area contributed by atoms with Crippen molar-refractivity contribution >= 4 is 50.3 Å². The molecular formula is C25H25ClN2O4S2. The lowest BCUT2D eigenvalue weighted by molar-refractivity contribution is -0.121. The van der Waals surface area contributed by atoms with Gasteiger partial charge in [0.2, 0.25) is 5.91 Å². The second kappa shape index (κ2) is 10.3.